The van der Waals surface area contributed by atoms with E-state index >= 15 is 0 Å². The van der Waals surface area contributed by atoms with Crippen LogP contribution in [0, 0.1) is 0 Å². The van der Waals surface area contributed by atoms with E-state index in [1.54, 1.807) is 5.57 Å². The van der Waals surface area contributed by atoms with Crippen molar-refractivity contribution in [3.63, 3.8) is 0 Å². The fraction of sp³-hybridized carbons (Fsp3) is 0.700. The van der Waals surface area contributed by atoms with Gasteiger partial charge in [-0.2, -0.15) is 0 Å². The molecule has 0 aromatic heterocycles. The number of carbonyl (C=O) groups is 1. The van der Waals surface area contributed by atoms with Gasteiger partial charge in [0.15, 0.2) is 0 Å². The van der Waals surface area contributed by atoms with Crippen LogP contribution in [0.5, 0.6) is 0 Å². The third-order valence-corrected chi connectivity index (χ3v) is 1.76. The smallest absolute Gasteiger partial charge is 0.450 e. The average molecular weight is 188 g/mol. The van der Waals surface area contributed by atoms with Crippen LogP contribution in [-0.4, -0.2) is 16.4 Å². The molecule has 2 N–H and O–H groups in total. The first-order valence-corrected chi connectivity index (χ1v) is 4.46. The summed E-state index contributed by atoms with van der Waals surface area (Å²) in [6, 6.07) is 0. The van der Waals surface area contributed by atoms with Gasteiger partial charge in [0, 0.05) is 0 Å². The Hall–Kier alpha value is -0.990. The van der Waals surface area contributed by atoms with Gasteiger partial charge in [0.05, 0.1) is 0 Å². The van der Waals surface area contributed by atoms with Crippen molar-refractivity contribution in [2.45, 2.75) is 47.0 Å². The van der Waals surface area contributed by atoms with Crippen molar-refractivity contribution in [2.24, 2.45) is 0 Å². The Bertz CT molecular complexity index is 163. The summed E-state index contributed by atoms with van der Waals surface area (Å²) in [7, 11) is 0. The predicted molar refractivity (Wildman–Crippen MR) is 54.2 cm³/mol. The van der Waals surface area contributed by atoms with Gasteiger partial charge in [-0.1, -0.05) is 24.5 Å². The largest absolute Gasteiger partial charge is 0.503 e. The third-order valence-electron chi connectivity index (χ3n) is 1.76. The number of carboxylic acid groups (broad SMARTS) is 2. The van der Waals surface area contributed by atoms with E-state index in [1.807, 2.05) is 0 Å². The number of hydrogen-bond acceptors (Lipinski definition) is 1. The van der Waals surface area contributed by atoms with Crippen LogP contribution in [0.3, 0.4) is 0 Å². The molecule has 0 saturated heterocycles. The van der Waals surface area contributed by atoms with Gasteiger partial charge in [-0.15, -0.1) is 0 Å². The Balaban J connectivity index is 0. The monoisotopic (exact) mass is 188 g/mol. The van der Waals surface area contributed by atoms with Crippen LogP contribution in [0.4, 0.5) is 4.79 Å². The summed E-state index contributed by atoms with van der Waals surface area (Å²) < 4.78 is 0. The Morgan fingerprint density at radius 2 is 1.54 bits per heavy atom. The quantitative estimate of drug-likeness (QED) is 0.663. The van der Waals surface area contributed by atoms with E-state index < -0.39 is 6.16 Å². The molecule has 0 rings (SSSR count). The van der Waals surface area contributed by atoms with Crippen molar-refractivity contribution >= 4 is 6.16 Å². The van der Waals surface area contributed by atoms with E-state index in [-0.39, 0.29) is 0 Å². The standard InChI is InChI=1S/C9H18.CH2O3/c1-5-6-7-9(4)8(2)3;2-1(3)4/h5-7H2,1-4H3;(H2,2,3,4). The van der Waals surface area contributed by atoms with Crippen LogP contribution in [0.15, 0.2) is 11.1 Å². The van der Waals surface area contributed by atoms with Crippen molar-refractivity contribution in [1.82, 2.24) is 0 Å². The highest BCUT2D eigenvalue weighted by Crippen LogP contribution is 2.10. The van der Waals surface area contributed by atoms with Gasteiger partial charge in [-0.05, 0) is 33.6 Å². The molecule has 78 valence electrons. The second-order valence-corrected chi connectivity index (χ2v) is 3.17. The number of unbranched alkanes of at least 4 members (excludes halogenated alkanes) is 1. The molecule has 0 radical (unpaired) electrons. The molecule has 3 nitrogen and oxygen atoms in total. The van der Waals surface area contributed by atoms with Crippen LogP contribution in [0.2, 0.25) is 0 Å². The lowest BCUT2D eigenvalue weighted by Crippen LogP contribution is -1.81. The van der Waals surface area contributed by atoms with Gasteiger partial charge < -0.3 is 10.2 Å². The van der Waals surface area contributed by atoms with Crippen LogP contribution >= 0.6 is 0 Å². The topological polar surface area (TPSA) is 57.5 Å². The van der Waals surface area contributed by atoms with Crippen molar-refractivity contribution in [3.8, 4) is 0 Å². The first-order chi connectivity index (χ1) is 5.91. The first-order valence-electron chi connectivity index (χ1n) is 4.46. The summed E-state index contributed by atoms with van der Waals surface area (Å²) in [5, 5.41) is 13.9. The third kappa shape index (κ3) is 18.2. The van der Waals surface area contributed by atoms with Crippen LogP contribution in [0.25, 0.3) is 0 Å². The van der Waals surface area contributed by atoms with E-state index in [4.69, 9.17) is 15.0 Å². The summed E-state index contributed by atoms with van der Waals surface area (Å²) in [5.41, 5.74) is 3.06. The van der Waals surface area contributed by atoms with Gasteiger partial charge in [0.1, 0.15) is 0 Å². The zero-order valence-corrected chi connectivity index (χ0v) is 8.92. The molecular formula is C10H20O3. The molecule has 0 spiro atoms. The van der Waals surface area contributed by atoms with Crippen molar-refractivity contribution in [3.05, 3.63) is 11.1 Å². The summed E-state index contributed by atoms with van der Waals surface area (Å²) in [6.45, 7) is 8.83. The molecule has 0 aliphatic heterocycles. The van der Waals surface area contributed by atoms with E-state index in [0.717, 1.165) is 0 Å². The SMILES string of the molecule is CCCCC(C)=C(C)C.O=C(O)O. The molecule has 0 unspecified atom stereocenters. The molecular weight excluding hydrogens is 168 g/mol. The molecule has 0 aromatic rings. The van der Waals surface area contributed by atoms with Gasteiger partial charge in [-0.3, -0.25) is 0 Å². The van der Waals surface area contributed by atoms with Crippen LogP contribution in [-0.2, 0) is 0 Å². The molecule has 13 heavy (non-hydrogen) atoms. The fourth-order valence-corrected chi connectivity index (χ4v) is 0.692. The molecule has 0 bridgehead atoms. The molecule has 0 heterocycles. The maximum atomic E-state index is 8.56. The van der Waals surface area contributed by atoms with E-state index in [2.05, 4.69) is 27.7 Å². The molecule has 0 aromatic carbocycles. The summed E-state index contributed by atoms with van der Waals surface area (Å²) in [6.07, 6.45) is 2.11. The van der Waals surface area contributed by atoms with E-state index in [9.17, 15) is 0 Å². The Labute approximate surface area is 80.1 Å². The van der Waals surface area contributed by atoms with Gasteiger partial charge in [-0.25, -0.2) is 4.79 Å². The van der Waals surface area contributed by atoms with Gasteiger partial charge in [0.25, 0.3) is 0 Å². The van der Waals surface area contributed by atoms with Crippen LogP contribution < -0.4 is 0 Å². The maximum Gasteiger partial charge on any atom is 0.503 e. The Morgan fingerprint density at radius 3 is 1.77 bits per heavy atom. The number of hydrogen-bond donors (Lipinski definition) is 2. The lowest BCUT2D eigenvalue weighted by Gasteiger charge is -2.00. The summed E-state index contributed by atoms with van der Waals surface area (Å²) >= 11 is 0. The zero-order valence-electron chi connectivity index (χ0n) is 8.92. The summed E-state index contributed by atoms with van der Waals surface area (Å²) in [4.78, 5) is 8.56. The minimum Gasteiger partial charge on any atom is -0.450 e. The number of allylic oxidation sites excluding steroid dienone is 2. The minimum absolute atomic E-state index is 1.29. The highest BCUT2D eigenvalue weighted by Gasteiger charge is 1.89. The molecule has 0 aliphatic rings. The highest BCUT2D eigenvalue weighted by molar-refractivity contribution is 5.53. The van der Waals surface area contributed by atoms with Gasteiger partial charge in [0.2, 0.25) is 0 Å². The average Bonchev–Trinajstić information content (AvgIpc) is 1.98. The fourth-order valence-electron chi connectivity index (χ4n) is 0.692. The zero-order chi connectivity index (χ0) is 10.9. The van der Waals surface area contributed by atoms with Crippen LogP contribution in [0.1, 0.15) is 47.0 Å². The van der Waals surface area contributed by atoms with Gasteiger partial charge >= 0.3 is 6.16 Å². The number of rotatable bonds is 3. The molecule has 0 saturated carbocycles. The molecule has 0 amide bonds. The van der Waals surface area contributed by atoms with Crippen molar-refractivity contribution < 1.29 is 15.0 Å². The Morgan fingerprint density at radius 1 is 1.15 bits per heavy atom. The summed E-state index contributed by atoms with van der Waals surface area (Å²) in [5.74, 6) is 0. The molecule has 0 fully saturated rings. The first kappa shape index (κ1) is 14.5. The molecule has 0 aliphatic carbocycles. The Kier molecular flexibility index (Phi) is 10.2. The highest BCUT2D eigenvalue weighted by atomic mass is 16.6. The predicted octanol–water partition coefficient (Wildman–Crippen LogP) is 3.76. The lowest BCUT2D eigenvalue weighted by atomic mass is 10.1. The van der Waals surface area contributed by atoms with Crippen molar-refractivity contribution in [2.75, 3.05) is 0 Å². The normalized spacial score (nSPS) is 8.31. The van der Waals surface area contributed by atoms with E-state index in [0.29, 0.717) is 0 Å². The minimum atomic E-state index is -1.83. The van der Waals surface area contributed by atoms with E-state index in [1.165, 1.54) is 24.8 Å². The van der Waals surface area contributed by atoms with Crippen molar-refractivity contribution in [1.29, 1.82) is 0 Å². The lowest BCUT2D eigenvalue weighted by molar-refractivity contribution is 0.137. The second-order valence-electron chi connectivity index (χ2n) is 3.17. The maximum absolute atomic E-state index is 8.56. The second kappa shape index (κ2) is 9.10. The molecule has 3 heteroatoms. The molecule has 0 atom stereocenters.